The molecule has 1 unspecified atom stereocenters. The Morgan fingerprint density at radius 1 is 0.889 bits per heavy atom. The summed E-state index contributed by atoms with van der Waals surface area (Å²) in [6.45, 7) is 6.95. The maximum Gasteiger partial charge on any atom is 0.256 e. The first-order valence-electron chi connectivity index (χ1n) is 13.1. The Labute approximate surface area is 215 Å². The number of hydrogen-bond donors (Lipinski definition) is 1. The Bertz CT molecular complexity index is 1120. The Morgan fingerprint density at radius 3 is 2.14 bits per heavy atom. The second-order valence-corrected chi connectivity index (χ2v) is 9.46. The summed E-state index contributed by atoms with van der Waals surface area (Å²) in [6, 6.07) is 28.2. The second kappa shape index (κ2) is 12.4. The maximum atomic E-state index is 13.5. The summed E-state index contributed by atoms with van der Waals surface area (Å²) in [5, 5.41) is 3.29. The lowest BCUT2D eigenvalue weighted by molar-refractivity contribution is -0.123. The molecule has 36 heavy (non-hydrogen) atoms. The Balaban J connectivity index is 1.39. The van der Waals surface area contributed by atoms with Crippen molar-refractivity contribution in [3.8, 4) is 0 Å². The van der Waals surface area contributed by atoms with E-state index in [0.717, 1.165) is 54.7 Å². The molecule has 1 fully saturated rings. The minimum Gasteiger partial charge on any atom is -0.371 e. The molecule has 1 aliphatic rings. The van der Waals surface area contributed by atoms with Crippen LogP contribution in [0, 0.1) is 0 Å². The van der Waals surface area contributed by atoms with Crippen LogP contribution in [0.2, 0.25) is 0 Å². The van der Waals surface area contributed by atoms with Crippen LogP contribution in [0.3, 0.4) is 0 Å². The molecule has 1 atom stereocenters. The smallest absolute Gasteiger partial charge is 0.256 e. The molecule has 3 aromatic rings. The molecule has 0 spiro atoms. The molecule has 0 aliphatic carbocycles. The van der Waals surface area contributed by atoms with Gasteiger partial charge in [0.05, 0.1) is 11.5 Å². The molecule has 188 valence electrons. The molecule has 2 amide bonds. The summed E-state index contributed by atoms with van der Waals surface area (Å²) in [5.41, 5.74) is 3.92. The first-order valence-corrected chi connectivity index (χ1v) is 13.1. The van der Waals surface area contributed by atoms with Crippen LogP contribution in [-0.2, 0) is 11.3 Å². The summed E-state index contributed by atoms with van der Waals surface area (Å²) >= 11 is 0. The quantitative estimate of drug-likeness (QED) is 0.429. The van der Waals surface area contributed by atoms with Gasteiger partial charge in [-0.05, 0) is 49.4 Å². The van der Waals surface area contributed by atoms with Gasteiger partial charge in [0.15, 0.2) is 0 Å². The molecular weight excluding hydrogens is 446 g/mol. The van der Waals surface area contributed by atoms with Crippen molar-refractivity contribution in [2.24, 2.45) is 0 Å². The zero-order valence-corrected chi connectivity index (χ0v) is 21.4. The number of piperidine rings is 1. The average molecular weight is 484 g/mol. The summed E-state index contributed by atoms with van der Waals surface area (Å²) in [4.78, 5) is 30.8. The minimum absolute atomic E-state index is 0.0565. The van der Waals surface area contributed by atoms with E-state index in [4.69, 9.17) is 0 Å². The third kappa shape index (κ3) is 6.14. The molecule has 0 radical (unpaired) electrons. The van der Waals surface area contributed by atoms with Crippen molar-refractivity contribution in [3.63, 3.8) is 0 Å². The van der Waals surface area contributed by atoms with Crippen LogP contribution in [0.15, 0.2) is 84.9 Å². The number of carbonyl (C=O) groups is 2. The van der Waals surface area contributed by atoms with Gasteiger partial charge in [0, 0.05) is 37.9 Å². The summed E-state index contributed by atoms with van der Waals surface area (Å²) in [6.07, 6.45) is 2.50. The standard InChI is InChI=1S/C31H37N3O2/c1-3-27(25-15-9-6-10-16-25)30(35)32-26-19-21-34(22-20-26)29-18-12-11-17-28(29)31(36)33(4-2)23-24-13-7-5-8-14-24/h5-18,26-27H,3-4,19-23H2,1-2H3,(H,32,35). The van der Waals surface area contributed by atoms with Gasteiger partial charge >= 0.3 is 0 Å². The van der Waals surface area contributed by atoms with Crippen molar-refractivity contribution < 1.29 is 9.59 Å². The van der Waals surface area contributed by atoms with E-state index in [9.17, 15) is 9.59 Å². The van der Waals surface area contributed by atoms with Crippen molar-refractivity contribution >= 4 is 17.5 Å². The lowest BCUT2D eigenvalue weighted by Gasteiger charge is -2.36. The normalized spacial score (nSPS) is 14.8. The van der Waals surface area contributed by atoms with Crippen molar-refractivity contribution in [2.75, 3.05) is 24.5 Å². The molecule has 0 saturated carbocycles. The van der Waals surface area contributed by atoms with Crippen LogP contribution in [0.1, 0.15) is 60.5 Å². The minimum atomic E-state index is -0.118. The maximum absolute atomic E-state index is 13.5. The largest absolute Gasteiger partial charge is 0.371 e. The van der Waals surface area contributed by atoms with Gasteiger partial charge in [0.1, 0.15) is 0 Å². The summed E-state index contributed by atoms with van der Waals surface area (Å²) in [5.74, 6) is 0.0467. The van der Waals surface area contributed by atoms with Gasteiger partial charge in [0.2, 0.25) is 5.91 Å². The van der Waals surface area contributed by atoms with Gasteiger partial charge in [-0.25, -0.2) is 0 Å². The van der Waals surface area contributed by atoms with Crippen molar-refractivity contribution in [2.45, 2.75) is 51.6 Å². The van der Waals surface area contributed by atoms with Crippen LogP contribution >= 0.6 is 0 Å². The van der Waals surface area contributed by atoms with E-state index in [1.807, 2.05) is 84.6 Å². The van der Waals surface area contributed by atoms with Crippen molar-refractivity contribution in [1.29, 1.82) is 0 Å². The number of hydrogen-bond acceptors (Lipinski definition) is 3. The molecule has 0 aromatic heterocycles. The summed E-state index contributed by atoms with van der Waals surface area (Å²) in [7, 11) is 0. The number of anilines is 1. The van der Waals surface area contributed by atoms with Crippen LogP contribution in [0.5, 0.6) is 0 Å². The van der Waals surface area contributed by atoms with Crippen LogP contribution in [0.4, 0.5) is 5.69 Å². The Hall–Kier alpha value is -3.60. The SMILES string of the molecule is CCC(C(=O)NC1CCN(c2ccccc2C(=O)N(CC)Cc2ccccc2)CC1)c1ccccc1. The number of nitrogens with one attached hydrogen (secondary N) is 1. The lowest BCUT2D eigenvalue weighted by Crippen LogP contribution is -2.46. The van der Waals surface area contributed by atoms with E-state index in [1.165, 1.54) is 0 Å². The molecule has 1 aliphatic heterocycles. The third-order valence-electron chi connectivity index (χ3n) is 7.13. The number of carbonyl (C=O) groups excluding carboxylic acids is 2. The van der Waals surface area contributed by atoms with Crippen LogP contribution in [0.25, 0.3) is 0 Å². The average Bonchev–Trinajstić information content (AvgIpc) is 2.93. The number of rotatable bonds is 9. The molecule has 1 heterocycles. The fourth-order valence-corrected chi connectivity index (χ4v) is 5.06. The van der Waals surface area contributed by atoms with Crippen molar-refractivity contribution in [3.05, 3.63) is 102 Å². The van der Waals surface area contributed by atoms with Gasteiger partial charge in [-0.1, -0.05) is 79.7 Å². The van der Waals surface area contributed by atoms with Crippen LogP contribution in [-0.4, -0.2) is 42.4 Å². The highest BCUT2D eigenvalue weighted by molar-refractivity contribution is 5.99. The first-order chi connectivity index (χ1) is 17.6. The topological polar surface area (TPSA) is 52.7 Å². The Kier molecular flexibility index (Phi) is 8.77. The molecule has 4 rings (SSSR count). The molecule has 3 aromatic carbocycles. The number of para-hydroxylation sites is 1. The molecule has 1 N–H and O–H groups in total. The highest BCUT2D eigenvalue weighted by Crippen LogP contribution is 2.27. The molecule has 5 heteroatoms. The zero-order valence-electron chi connectivity index (χ0n) is 21.4. The predicted octanol–water partition coefficient (Wildman–Crippen LogP) is 5.63. The predicted molar refractivity (Wildman–Crippen MR) is 146 cm³/mol. The fraction of sp³-hybridized carbons (Fsp3) is 0.355. The molecule has 1 saturated heterocycles. The number of amides is 2. The van der Waals surface area contributed by atoms with Crippen LogP contribution < -0.4 is 10.2 Å². The van der Waals surface area contributed by atoms with E-state index in [1.54, 1.807) is 0 Å². The highest BCUT2D eigenvalue weighted by Gasteiger charge is 2.27. The first kappa shape index (κ1) is 25.5. The van der Waals surface area contributed by atoms with E-state index in [-0.39, 0.29) is 23.8 Å². The fourth-order valence-electron chi connectivity index (χ4n) is 5.06. The van der Waals surface area contributed by atoms with Gasteiger partial charge in [-0.3, -0.25) is 9.59 Å². The highest BCUT2D eigenvalue weighted by atomic mass is 16.2. The molecule has 0 bridgehead atoms. The van der Waals surface area contributed by atoms with Gasteiger partial charge in [-0.15, -0.1) is 0 Å². The second-order valence-electron chi connectivity index (χ2n) is 9.46. The summed E-state index contributed by atoms with van der Waals surface area (Å²) < 4.78 is 0. The van der Waals surface area contributed by atoms with E-state index in [2.05, 4.69) is 29.3 Å². The number of benzene rings is 3. The van der Waals surface area contributed by atoms with Gasteiger partial charge < -0.3 is 15.1 Å². The van der Waals surface area contributed by atoms with Gasteiger partial charge in [-0.2, -0.15) is 0 Å². The van der Waals surface area contributed by atoms with E-state index >= 15 is 0 Å². The number of nitrogens with zero attached hydrogens (tertiary/aromatic N) is 2. The molecule has 5 nitrogen and oxygen atoms in total. The van der Waals surface area contributed by atoms with Crippen molar-refractivity contribution in [1.82, 2.24) is 10.2 Å². The zero-order chi connectivity index (χ0) is 25.3. The Morgan fingerprint density at radius 2 is 1.50 bits per heavy atom. The van der Waals surface area contributed by atoms with Gasteiger partial charge in [0.25, 0.3) is 5.91 Å². The monoisotopic (exact) mass is 483 g/mol. The van der Waals surface area contributed by atoms with E-state index < -0.39 is 0 Å². The third-order valence-corrected chi connectivity index (χ3v) is 7.13. The molecular formula is C31H37N3O2. The van der Waals surface area contributed by atoms with E-state index in [0.29, 0.717) is 13.1 Å². The lowest BCUT2D eigenvalue weighted by atomic mass is 9.94.